The van der Waals surface area contributed by atoms with Crippen molar-refractivity contribution in [2.75, 3.05) is 0 Å². The molecular formula is C24H34O6. The number of hydrogen-bond donors (Lipinski definition) is 4. The van der Waals surface area contributed by atoms with E-state index < -0.39 is 30.4 Å². The molecule has 0 bridgehead atoms. The zero-order chi connectivity index (χ0) is 22.2. The number of carbonyl (C=O) groups is 1. The lowest BCUT2D eigenvalue weighted by Gasteiger charge is -2.16. The number of aliphatic hydroxyl groups is 4. The topological polar surface area (TPSA) is 107 Å². The van der Waals surface area contributed by atoms with Crippen molar-refractivity contribution >= 4 is 5.97 Å². The van der Waals surface area contributed by atoms with Crippen molar-refractivity contribution < 1.29 is 30.0 Å². The van der Waals surface area contributed by atoms with Crippen LogP contribution in [0.15, 0.2) is 72.9 Å². The molecule has 6 heteroatoms. The van der Waals surface area contributed by atoms with E-state index in [1.165, 1.54) is 18.2 Å². The molecule has 166 valence electrons. The first-order chi connectivity index (χ1) is 14.4. The maximum atomic E-state index is 11.8. The first-order valence-corrected chi connectivity index (χ1v) is 10.3. The largest absolute Gasteiger partial charge is 0.460 e. The third-order valence-corrected chi connectivity index (χ3v) is 4.37. The highest BCUT2D eigenvalue weighted by Crippen LogP contribution is 2.08. The van der Waals surface area contributed by atoms with Gasteiger partial charge in [0.2, 0.25) is 0 Å². The second-order valence-electron chi connectivity index (χ2n) is 7.21. The highest BCUT2D eigenvalue weighted by atomic mass is 16.5. The average Bonchev–Trinajstić information content (AvgIpc) is 2.69. The lowest BCUT2D eigenvalue weighted by molar-refractivity contribution is -0.142. The molecule has 6 nitrogen and oxygen atoms in total. The minimum Gasteiger partial charge on any atom is -0.460 e. The number of cyclic esters (lactones) is 1. The zero-order valence-electron chi connectivity index (χ0n) is 17.5. The molecule has 0 aromatic rings. The molecule has 0 fully saturated rings. The standard InChI is InChI=1S/C24H34O6/c1-19-12-6-3-2-4-7-15-21(26)18-23(28)22(27)16-11-10-14-20(25)13-8-5-9-17-24(29)30-19/h2,4-5,7-11,14-17,19-23,25-28H,3,6,12-13,18H2,1H3/t19-,20+,21+,22+,23-/m1/s1. The fourth-order valence-corrected chi connectivity index (χ4v) is 2.66. The van der Waals surface area contributed by atoms with Gasteiger partial charge >= 0.3 is 5.97 Å². The molecule has 1 aliphatic rings. The summed E-state index contributed by atoms with van der Waals surface area (Å²) in [6.07, 6.45) is 18.1. The molecule has 0 saturated heterocycles. The van der Waals surface area contributed by atoms with Crippen molar-refractivity contribution in [3.8, 4) is 0 Å². The first kappa shape index (κ1) is 25.8. The molecule has 4 N–H and O–H groups in total. The summed E-state index contributed by atoms with van der Waals surface area (Å²) in [5, 5.41) is 39.7. The van der Waals surface area contributed by atoms with Crippen LogP contribution in [0.3, 0.4) is 0 Å². The Bertz CT molecular complexity index is 659. The van der Waals surface area contributed by atoms with Gasteiger partial charge in [-0.2, -0.15) is 0 Å². The molecule has 0 aromatic heterocycles. The fraction of sp³-hybridized carbons (Fsp3) is 0.458. The van der Waals surface area contributed by atoms with Gasteiger partial charge in [-0.25, -0.2) is 4.79 Å². The van der Waals surface area contributed by atoms with Crippen molar-refractivity contribution in [1.29, 1.82) is 0 Å². The Balaban J connectivity index is 2.73. The number of hydrogen-bond acceptors (Lipinski definition) is 6. The van der Waals surface area contributed by atoms with Crippen LogP contribution in [-0.2, 0) is 9.53 Å². The number of esters is 1. The second kappa shape index (κ2) is 15.6. The zero-order valence-corrected chi connectivity index (χ0v) is 17.5. The summed E-state index contributed by atoms with van der Waals surface area (Å²) in [5.74, 6) is -0.402. The van der Waals surface area contributed by atoms with Crippen molar-refractivity contribution in [2.45, 2.75) is 69.5 Å². The molecule has 0 saturated carbocycles. The van der Waals surface area contributed by atoms with Crippen LogP contribution in [0.2, 0.25) is 0 Å². The Morgan fingerprint density at radius 3 is 2.33 bits per heavy atom. The highest BCUT2D eigenvalue weighted by Gasteiger charge is 2.16. The molecule has 0 amide bonds. The Morgan fingerprint density at radius 2 is 1.53 bits per heavy atom. The predicted molar refractivity (Wildman–Crippen MR) is 118 cm³/mol. The molecule has 1 aliphatic heterocycles. The Kier molecular flexibility index (Phi) is 13.4. The molecule has 1 heterocycles. The minimum absolute atomic E-state index is 0.00335. The SMILES string of the molecule is C[C@@H]1CCCC=CC=C[C@H](O)C[C@@H](O)[C@@H](O)C=CC=C[C@@H](O)CC=CC=CC(=O)O1. The monoisotopic (exact) mass is 418 g/mol. The number of rotatable bonds is 0. The molecular weight excluding hydrogens is 384 g/mol. The van der Waals surface area contributed by atoms with Crippen LogP contribution in [0, 0.1) is 0 Å². The van der Waals surface area contributed by atoms with E-state index >= 15 is 0 Å². The number of aliphatic hydroxyl groups excluding tert-OH is 4. The van der Waals surface area contributed by atoms with Crippen LogP contribution < -0.4 is 0 Å². The number of carbonyl (C=O) groups excluding carboxylic acids is 1. The summed E-state index contributed by atoms with van der Waals surface area (Å²) in [5.41, 5.74) is 0. The number of ether oxygens (including phenoxy) is 1. The molecule has 1 rings (SSSR count). The summed E-state index contributed by atoms with van der Waals surface area (Å²) in [4.78, 5) is 11.8. The lowest BCUT2D eigenvalue weighted by atomic mass is 10.1. The molecule has 0 aliphatic carbocycles. The summed E-state index contributed by atoms with van der Waals surface area (Å²) in [6.45, 7) is 1.85. The summed E-state index contributed by atoms with van der Waals surface area (Å²) >= 11 is 0. The Morgan fingerprint density at radius 1 is 0.867 bits per heavy atom. The third kappa shape index (κ3) is 13.1. The van der Waals surface area contributed by atoms with E-state index in [4.69, 9.17) is 4.74 Å². The van der Waals surface area contributed by atoms with Crippen LogP contribution >= 0.6 is 0 Å². The second-order valence-corrected chi connectivity index (χ2v) is 7.21. The predicted octanol–water partition coefficient (Wildman–Crippen LogP) is 2.66. The summed E-state index contributed by atoms with van der Waals surface area (Å²) in [7, 11) is 0. The van der Waals surface area contributed by atoms with Crippen LogP contribution in [0.25, 0.3) is 0 Å². The molecule has 0 spiro atoms. The summed E-state index contributed by atoms with van der Waals surface area (Å²) in [6, 6.07) is 0. The van der Waals surface area contributed by atoms with E-state index in [1.807, 2.05) is 19.1 Å². The van der Waals surface area contributed by atoms with Gasteiger partial charge in [0.15, 0.2) is 0 Å². The smallest absolute Gasteiger partial charge is 0.331 e. The van der Waals surface area contributed by atoms with Crippen LogP contribution in [0.1, 0.15) is 39.0 Å². The van der Waals surface area contributed by atoms with Crippen molar-refractivity contribution in [1.82, 2.24) is 0 Å². The van der Waals surface area contributed by atoms with E-state index in [0.29, 0.717) is 6.42 Å². The van der Waals surface area contributed by atoms with E-state index in [1.54, 1.807) is 42.5 Å². The summed E-state index contributed by atoms with van der Waals surface area (Å²) < 4.78 is 5.30. The average molecular weight is 419 g/mol. The molecule has 0 radical (unpaired) electrons. The van der Waals surface area contributed by atoms with E-state index in [2.05, 4.69) is 0 Å². The maximum Gasteiger partial charge on any atom is 0.331 e. The molecule has 0 aromatic carbocycles. The van der Waals surface area contributed by atoms with Gasteiger partial charge < -0.3 is 25.2 Å². The van der Waals surface area contributed by atoms with Crippen LogP contribution in [0.5, 0.6) is 0 Å². The van der Waals surface area contributed by atoms with E-state index in [-0.39, 0.29) is 12.5 Å². The molecule has 5 atom stereocenters. The number of allylic oxidation sites excluding steroid dienone is 7. The minimum atomic E-state index is -1.12. The van der Waals surface area contributed by atoms with Gasteiger partial charge in [0.1, 0.15) is 0 Å². The Hall–Kier alpha value is -2.25. The van der Waals surface area contributed by atoms with E-state index in [9.17, 15) is 25.2 Å². The van der Waals surface area contributed by atoms with E-state index in [0.717, 1.165) is 19.3 Å². The molecule has 30 heavy (non-hydrogen) atoms. The van der Waals surface area contributed by atoms with Crippen molar-refractivity contribution in [3.63, 3.8) is 0 Å². The normalized spacial score (nSPS) is 30.7. The van der Waals surface area contributed by atoms with Gasteiger partial charge in [0, 0.05) is 12.5 Å². The van der Waals surface area contributed by atoms with Crippen molar-refractivity contribution in [3.05, 3.63) is 72.9 Å². The Labute approximate surface area is 178 Å². The van der Waals surface area contributed by atoms with Crippen LogP contribution in [-0.4, -0.2) is 56.9 Å². The van der Waals surface area contributed by atoms with Gasteiger partial charge in [-0.1, -0.05) is 66.8 Å². The third-order valence-electron chi connectivity index (χ3n) is 4.37. The van der Waals surface area contributed by atoms with Crippen LogP contribution in [0.4, 0.5) is 0 Å². The van der Waals surface area contributed by atoms with Gasteiger partial charge in [-0.05, 0) is 32.6 Å². The molecule has 0 unspecified atom stereocenters. The van der Waals surface area contributed by atoms with Gasteiger partial charge in [0.25, 0.3) is 0 Å². The highest BCUT2D eigenvalue weighted by molar-refractivity contribution is 5.82. The fourth-order valence-electron chi connectivity index (χ4n) is 2.66. The quantitative estimate of drug-likeness (QED) is 0.451. The van der Waals surface area contributed by atoms with Gasteiger partial charge in [0.05, 0.1) is 30.5 Å². The lowest BCUT2D eigenvalue weighted by Crippen LogP contribution is -2.27. The van der Waals surface area contributed by atoms with Gasteiger partial charge in [-0.15, -0.1) is 0 Å². The van der Waals surface area contributed by atoms with Crippen molar-refractivity contribution in [2.24, 2.45) is 0 Å². The first-order valence-electron chi connectivity index (χ1n) is 10.3. The maximum absolute atomic E-state index is 11.8. The van der Waals surface area contributed by atoms with Gasteiger partial charge in [-0.3, -0.25) is 0 Å².